The van der Waals surface area contributed by atoms with Gasteiger partial charge in [-0.05, 0) is 24.5 Å². The molecule has 2 aromatic rings. The summed E-state index contributed by atoms with van der Waals surface area (Å²) < 4.78 is 0. The van der Waals surface area contributed by atoms with Crippen LogP contribution in [-0.2, 0) is 20.8 Å². The van der Waals surface area contributed by atoms with Crippen LogP contribution in [0.2, 0.25) is 0 Å². The van der Waals surface area contributed by atoms with E-state index in [1.807, 2.05) is 30.3 Å². The highest BCUT2D eigenvalue weighted by molar-refractivity contribution is 6.37. The third-order valence-electron chi connectivity index (χ3n) is 4.33. The third kappa shape index (κ3) is 4.56. The molecule has 144 valence electrons. The number of aromatic nitrogens is 2. The van der Waals surface area contributed by atoms with Crippen molar-refractivity contribution in [2.24, 2.45) is 10.8 Å². The maximum absolute atomic E-state index is 12.8. The molecule has 1 aromatic heterocycles. The average Bonchev–Trinajstić information content (AvgIpc) is 3.22. The van der Waals surface area contributed by atoms with Gasteiger partial charge in [0.25, 0.3) is 5.91 Å². The Hall–Kier alpha value is -3.62. The predicted molar refractivity (Wildman–Crippen MR) is 102 cm³/mol. The number of rotatable bonds is 8. The largest absolute Gasteiger partial charge is 0.363 e. The van der Waals surface area contributed by atoms with Crippen LogP contribution in [-0.4, -0.2) is 45.9 Å². The van der Waals surface area contributed by atoms with Crippen LogP contribution < -0.4 is 16.1 Å². The number of ketones is 1. The van der Waals surface area contributed by atoms with Gasteiger partial charge in [-0.3, -0.25) is 14.4 Å². The number of benzene rings is 1. The number of carbonyl (C=O) groups is 3. The predicted octanol–water partition coefficient (Wildman–Crippen LogP) is 0.213. The first kappa shape index (κ1) is 19.2. The molecule has 0 saturated carbocycles. The van der Waals surface area contributed by atoms with Crippen LogP contribution in [0.4, 0.5) is 5.95 Å². The van der Waals surface area contributed by atoms with Crippen molar-refractivity contribution in [3.8, 4) is 0 Å². The molecule has 1 aliphatic heterocycles. The number of nitrogens with two attached hydrogens (primary N) is 1. The second kappa shape index (κ2) is 8.85. The van der Waals surface area contributed by atoms with E-state index in [1.165, 1.54) is 5.01 Å². The summed E-state index contributed by atoms with van der Waals surface area (Å²) in [4.78, 5) is 44.6. The van der Waals surface area contributed by atoms with Crippen molar-refractivity contribution in [3.05, 3.63) is 54.4 Å². The molecule has 0 aliphatic carbocycles. The minimum absolute atomic E-state index is 0.257. The van der Waals surface area contributed by atoms with Crippen LogP contribution in [0.3, 0.4) is 0 Å². The maximum atomic E-state index is 12.8. The highest BCUT2D eigenvalue weighted by atomic mass is 16.2. The van der Waals surface area contributed by atoms with Gasteiger partial charge in [-0.1, -0.05) is 30.3 Å². The monoisotopic (exact) mass is 380 g/mol. The molecule has 9 nitrogen and oxygen atoms in total. The molecule has 1 aliphatic rings. The maximum Gasteiger partial charge on any atom is 0.287 e. The van der Waals surface area contributed by atoms with Crippen LogP contribution in [0, 0.1) is 0 Å². The fourth-order valence-corrected chi connectivity index (χ4v) is 2.90. The van der Waals surface area contributed by atoms with Crippen molar-refractivity contribution in [1.82, 2.24) is 15.3 Å². The molecule has 28 heavy (non-hydrogen) atoms. The first-order valence-electron chi connectivity index (χ1n) is 8.83. The highest BCUT2D eigenvalue weighted by Crippen LogP contribution is 2.18. The van der Waals surface area contributed by atoms with Gasteiger partial charge < -0.3 is 11.1 Å². The molecule has 0 saturated heterocycles. The molecule has 2 atom stereocenters. The smallest absolute Gasteiger partial charge is 0.287 e. The number of amides is 2. The number of carbonyl (C=O) groups excluding carboxylic acids is 3. The van der Waals surface area contributed by atoms with Crippen molar-refractivity contribution in [3.63, 3.8) is 0 Å². The van der Waals surface area contributed by atoms with E-state index in [4.69, 9.17) is 5.73 Å². The van der Waals surface area contributed by atoms with E-state index in [0.717, 1.165) is 5.56 Å². The van der Waals surface area contributed by atoms with Crippen molar-refractivity contribution >= 4 is 29.8 Å². The second-order valence-corrected chi connectivity index (χ2v) is 6.26. The van der Waals surface area contributed by atoms with Gasteiger partial charge in [0.05, 0.1) is 6.04 Å². The van der Waals surface area contributed by atoms with E-state index in [0.29, 0.717) is 12.8 Å². The number of anilines is 1. The molecule has 2 heterocycles. The Morgan fingerprint density at radius 2 is 1.86 bits per heavy atom. The van der Waals surface area contributed by atoms with Gasteiger partial charge in [0.1, 0.15) is 6.04 Å². The van der Waals surface area contributed by atoms with Crippen molar-refractivity contribution in [2.75, 3.05) is 5.01 Å². The Labute approximate surface area is 161 Å². The fraction of sp³-hybridized carbons (Fsp3) is 0.263. The third-order valence-corrected chi connectivity index (χ3v) is 4.33. The van der Waals surface area contributed by atoms with Gasteiger partial charge in [-0.15, -0.1) is 0 Å². The van der Waals surface area contributed by atoms with Gasteiger partial charge in [-0.2, -0.15) is 5.10 Å². The van der Waals surface area contributed by atoms with Crippen LogP contribution >= 0.6 is 0 Å². The Morgan fingerprint density at radius 1 is 1.14 bits per heavy atom. The first-order chi connectivity index (χ1) is 13.6. The lowest BCUT2D eigenvalue weighted by Gasteiger charge is -2.23. The lowest BCUT2D eigenvalue weighted by atomic mass is 10.0. The fourth-order valence-electron chi connectivity index (χ4n) is 2.90. The summed E-state index contributed by atoms with van der Waals surface area (Å²) in [5, 5.41) is 8.17. The summed E-state index contributed by atoms with van der Waals surface area (Å²) in [6, 6.07) is 9.41. The molecule has 0 fully saturated rings. The molecule has 1 aromatic carbocycles. The molecule has 9 heteroatoms. The summed E-state index contributed by atoms with van der Waals surface area (Å²) in [6.45, 7) is 0. The Kier molecular flexibility index (Phi) is 6.05. The lowest BCUT2D eigenvalue weighted by Crippen LogP contribution is -2.52. The van der Waals surface area contributed by atoms with E-state index in [1.54, 1.807) is 24.7 Å². The number of hydrazone groups is 1. The van der Waals surface area contributed by atoms with Gasteiger partial charge in [0.15, 0.2) is 0 Å². The van der Waals surface area contributed by atoms with E-state index >= 15 is 0 Å². The van der Waals surface area contributed by atoms with Crippen LogP contribution in [0.5, 0.6) is 0 Å². The number of primary amides is 1. The van der Waals surface area contributed by atoms with Crippen LogP contribution in [0.15, 0.2) is 53.9 Å². The number of hydrogen-bond acceptors (Lipinski definition) is 7. The molecule has 0 bridgehead atoms. The molecular weight excluding hydrogens is 360 g/mol. The van der Waals surface area contributed by atoms with Gasteiger partial charge >= 0.3 is 0 Å². The Balaban J connectivity index is 1.69. The Bertz CT molecular complexity index is 872. The molecular formula is C19H20N6O3. The molecule has 2 amide bonds. The van der Waals surface area contributed by atoms with Gasteiger partial charge in [0, 0.05) is 25.0 Å². The normalized spacial score (nSPS) is 16.6. The summed E-state index contributed by atoms with van der Waals surface area (Å²) in [7, 11) is 0. The number of nitrogens with zero attached hydrogens (tertiary/aromatic N) is 4. The quantitative estimate of drug-likeness (QED) is 0.630. The number of nitrogens with one attached hydrogen (secondary N) is 1. The minimum Gasteiger partial charge on any atom is -0.363 e. The zero-order valence-electron chi connectivity index (χ0n) is 15.1. The highest BCUT2D eigenvalue weighted by Gasteiger charge is 2.34. The van der Waals surface area contributed by atoms with Crippen molar-refractivity contribution in [1.29, 1.82) is 0 Å². The van der Waals surface area contributed by atoms with E-state index in [2.05, 4.69) is 20.4 Å². The lowest BCUT2D eigenvalue weighted by molar-refractivity contribution is -0.138. The summed E-state index contributed by atoms with van der Waals surface area (Å²) in [5.41, 5.74) is 6.15. The standard InChI is InChI=1S/C19H20N6O3/c20-17(27)16(26)14(8-7-13-5-2-1-3-6-13)24-18(28)15-9-12-23-25(15)19-21-10-4-11-22-19/h1-6,10-12,14-15H,7-9H2,(H2,20,27)(H,24,28). The van der Waals surface area contributed by atoms with Crippen molar-refractivity contribution in [2.45, 2.75) is 31.3 Å². The van der Waals surface area contributed by atoms with Crippen molar-refractivity contribution < 1.29 is 14.4 Å². The van der Waals surface area contributed by atoms with Crippen LogP contribution in [0.1, 0.15) is 18.4 Å². The minimum atomic E-state index is -1.08. The number of aryl methyl sites for hydroxylation is 1. The summed E-state index contributed by atoms with van der Waals surface area (Å²) in [6.07, 6.45) is 5.77. The first-order valence-corrected chi connectivity index (χ1v) is 8.83. The van der Waals surface area contributed by atoms with E-state index in [9.17, 15) is 14.4 Å². The van der Waals surface area contributed by atoms with Gasteiger partial charge in [0.2, 0.25) is 17.6 Å². The SMILES string of the molecule is NC(=O)C(=O)C(CCc1ccccc1)NC(=O)C1CC=NN1c1ncccn1. The zero-order chi connectivity index (χ0) is 19.9. The summed E-state index contributed by atoms with van der Waals surface area (Å²) in [5.74, 6) is -2.08. The molecule has 2 unspecified atom stereocenters. The molecule has 3 rings (SSSR count). The summed E-state index contributed by atoms with van der Waals surface area (Å²) >= 11 is 0. The Morgan fingerprint density at radius 3 is 2.54 bits per heavy atom. The van der Waals surface area contributed by atoms with Gasteiger partial charge in [-0.25, -0.2) is 15.0 Å². The number of hydrogen-bond donors (Lipinski definition) is 2. The number of Topliss-reactive ketones (excluding diaryl/α,β-unsaturated/α-hetero) is 1. The molecule has 3 N–H and O–H groups in total. The van der Waals surface area contributed by atoms with Crippen LogP contribution in [0.25, 0.3) is 0 Å². The zero-order valence-corrected chi connectivity index (χ0v) is 15.1. The van der Waals surface area contributed by atoms with E-state index in [-0.39, 0.29) is 12.4 Å². The van der Waals surface area contributed by atoms with E-state index < -0.39 is 29.7 Å². The topological polar surface area (TPSA) is 131 Å². The molecule has 0 radical (unpaired) electrons. The second-order valence-electron chi connectivity index (χ2n) is 6.26. The molecule has 0 spiro atoms. The average molecular weight is 380 g/mol.